The second-order valence-electron chi connectivity index (χ2n) is 12.1. The second-order valence-corrected chi connectivity index (χ2v) is 12.6. The maximum absolute atomic E-state index is 13.2. The summed E-state index contributed by atoms with van der Waals surface area (Å²) in [6, 6.07) is 21.8. The molecule has 2 N–H and O–H groups in total. The highest BCUT2D eigenvalue weighted by molar-refractivity contribution is 7.80. The number of fused-ring (bicyclic) bond motifs is 1. The maximum atomic E-state index is 13.2. The Morgan fingerprint density at radius 3 is 2.34 bits per heavy atom. The molecule has 1 fully saturated rings. The molecule has 0 saturated carbocycles. The molecule has 1 atom stereocenters. The quantitative estimate of drug-likeness (QED) is 0.182. The normalized spacial score (nSPS) is 15.8. The van der Waals surface area contributed by atoms with Crippen molar-refractivity contribution in [2.45, 2.75) is 69.5 Å². The van der Waals surface area contributed by atoms with Crippen LogP contribution >= 0.6 is 12.6 Å². The number of para-hydroxylation sites is 1. The molecule has 1 unspecified atom stereocenters. The molecule has 234 valence electrons. The molecule has 0 bridgehead atoms. The molecule has 1 saturated heterocycles. The van der Waals surface area contributed by atoms with Gasteiger partial charge >= 0.3 is 0 Å². The smallest absolute Gasteiger partial charge is 0.255 e. The van der Waals surface area contributed by atoms with E-state index in [9.17, 15) is 14.4 Å². The fourth-order valence-electron chi connectivity index (χ4n) is 6.04. The van der Waals surface area contributed by atoms with E-state index in [1.54, 1.807) is 11.9 Å². The molecule has 7 nitrogen and oxygen atoms in total. The number of aldehydes is 1. The van der Waals surface area contributed by atoms with Gasteiger partial charge in [0.05, 0.1) is 0 Å². The molecule has 2 aliphatic rings. The summed E-state index contributed by atoms with van der Waals surface area (Å²) in [5.41, 5.74) is 5.97. The van der Waals surface area contributed by atoms with Gasteiger partial charge in [-0.1, -0.05) is 50.2 Å². The van der Waals surface area contributed by atoms with E-state index in [1.807, 2.05) is 61.6 Å². The van der Waals surface area contributed by atoms with Crippen LogP contribution in [0.15, 0.2) is 71.6 Å². The molecule has 3 aromatic rings. The van der Waals surface area contributed by atoms with E-state index in [4.69, 9.17) is 0 Å². The summed E-state index contributed by atoms with van der Waals surface area (Å²) < 4.78 is 0. The van der Waals surface area contributed by atoms with Crippen molar-refractivity contribution in [2.24, 2.45) is 5.92 Å². The lowest BCUT2D eigenvalue weighted by atomic mass is 9.87. The Balaban J connectivity index is 0.000000479. The fourth-order valence-corrected chi connectivity index (χ4v) is 6.23. The summed E-state index contributed by atoms with van der Waals surface area (Å²) in [6.07, 6.45) is 4.54. The number of amides is 2. The van der Waals surface area contributed by atoms with Crippen LogP contribution in [0.25, 0.3) is 0 Å². The Bertz CT molecular complexity index is 1420. The van der Waals surface area contributed by atoms with Crippen LogP contribution in [-0.4, -0.2) is 61.1 Å². The van der Waals surface area contributed by atoms with Crippen LogP contribution in [0.2, 0.25) is 0 Å². The molecule has 0 aliphatic carbocycles. The number of thiol groups is 1. The van der Waals surface area contributed by atoms with E-state index in [-0.39, 0.29) is 11.8 Å². The van der Waals surface area contributed by atoms with E-state index in [0.717, 1.165) is 67.6 Å². The molecule has 2 aliphatic heterocycles. The lowest BCUT2D eigenvalue weighted by molar-refractivity contribution is -0.125. The number of carbonyl (C=O) groups is 3. The third-order valence-corrected chi connectivity index (χ3v) is 9.06. The lowest BCUT2D eigenvalue weighted by Gasteiger charge is -2.32. The minimum Gasteiger partial charge on any atom is -0.388 e. The number of benzene rings is 3. The van der Waals surface area contributed by atoms with Crippen LogP contribution < -0.4 is 10.6 Å². The first-order chi connectivity index (χ1) is 21.2. The van der Waals surface area contributed by atoms with E-state index < -0.39 is 6.04 Å². The Hall–Kier alpha value is -3.62. The second kappa shape index (κ2) is 15.9. The molecular weight excluding hydrogens is 568 g/mol. The summed E-state index contributed by atoms with van der Waals surface area (Å²) in [4.78, 5) is 41.9. The summed E-state index contributed by atoms with van der Waals surface area (Å²) in [7, 11) is 3.55. The molecule has 0 radical (unpaired) electrons. The molecule has 5 rings (SSSR count). The predicted octanol–water partition coefficient (Wildman–Crippen LogP) is 6.40. The molecule has 2 heterocycles. The molecule has 0 spiro atoms. The zero-order valence-electron chi connectivity index (χ0n) is 26.4. The van der Waals surface area contributed by atoms with Crippen LogP contribution in [-0.2, 0) is 17.9 Å². The van der Waals surface area contributed by atoms with Gasteiger partial charge in [-0.05, 0) is 97.6 Å². The van der Waals surface area contributed by atoms with Crippen LogP contribution in [0.3, 0.4) is 0 Å². The van der Waals surface area contributed by atoms with Crippen LogP contribution in [0.4, 0.5) is 5.69 Å². The van der Waals surface area contributed by atoms with Gasteiger partial charge in [0.2, 0.25) is 5.91 Å². The van der Waals surface area contributed by atoms with E-state index >= 15 is 0 Å². The molecule has 0 aromatic heterocycles. The minimum atomic E-state index is -0.430. The Labute approximate surface area is 267 Å². The Kier molecular flexibility index (Phi) is 12.0. The molecule has 2 amide bonds. The van der Waals surface area contributed by atoms with Gasteiger partial charge in [-0.15, -0.1) is 12.6 Å². The lowest BCUT2D eigenvalue weighted by Crippen LogP contribution is -2.46. The van der Waals surface area contributed by atoms with Crippen molar-refractivity contribution in [3.05, 3.63) is 94.5 Å². The first-order valence-electron chi connectivity index (χ1n) is 15.6. The first-order valence-corrected chi connectivity index (χ1v) is 16.1. The third kappa shape index (κ3) is 8.51. The van der Waals surface area contributed by atoms with Crippen molar-refractivity contribution >= 4 is 36.4 Å². The zero-order valence-corrected chi connectivity index (χ0v) is 27.3. The minimum absolute atomic E-state index is 0.0364. The van der Waals surface area contributed by atoms with Crippen molar-refractivity contribution in [3.63, 3.8) is 0 Å². The maximum Gasteiger partial charge on any atom is 0.255 e. The molecule has 3 aromatic carbocycles. The number of likely N-dealkylation sites (N-methyl/N-ethyl adjacent to an activating group) is 1. The number of carbonyl (C=O) groups excluding carboxylic acids is 3. The van der Waals surface area contributed by atoms with Crippen molar-refractivity contribution < 1.29 is 14.4 Å². The van der Waals surface area contributed by atoms with Crippen molar-refractivity contribution in [3.8, 4) is 0 Å². The van der Waals surface area contributed by atoms with Crippen LogP contribution in [0.1, 0.15) is 82.9 Å². The number of piperidine rings is 1. The monoisotopic (exact) mass is 614 g/mol. The van der Waals surface area contributed by atoms with Crippen LogP contribution in [0, 0.1) is 5.92 Å². The predicted molar refractivity (Wildman–Crippen MR) is 181 cm³/mol. The Morgan fingerprint density at radius 2 is 1.73 bits per heavy atom. The number of nitrogens with one attached hydrogen (secondary N) is 2. The number of anilines is 1. The van der Waals surface area contributed by atoms with Gasteiger partial charge in [-0.3, -0.25) is 19.3 Å². The van der Waals surface area contributed by atoms with E-state index in [2.05, 4.69) is 54.1 Å². The summed E-state index contributed by atoms with van der Waals surface area (Å²) in [6.45, 7) is 7.57. The van der Waals surface area contributed by atoms with Crippen molar-refractivity contribution in [2.75, 3.05) is 32.5 Å². The van der Waals surface area contributed by atoms with Gasteiger partial charge in [0, 0.05) is 48.9 Å². The van der Waals surface area contributed by atoms with Gasteiger partial charge in [0.1, 0.15) is 6.04 Å². The third-order valence-electron chi connectivity index (χ3n) is 8.65. The van der Waals surface area contributed by atoms with Crippen molar-refractivity contribution in [1.29, 1.82) is 0 Å². The van der Waals surface area contributed by atoms with Gasteiger partial charge in [0.15, 0.2) is 6.29 Å². The van der Waals surface area contributed by atoms with Gasteiger partial charge < -0.3 is 15.5 Å². The number of hydrogen-bond donors (Lipinski definition) is 3. The standard InChI is InChI=1S/C29H37N3O3S.C7H9N/c1-19(2)4-8-26(28(34)30-3)32-17-23-15-22(6-7-25(23)29(32)35)21-10-12-31(13-11-21)16-20-5-9-27(36)24(14-20)18-33;1-8-7-5-3-2-4-6-7/h5-7,9,14-15,18-19,21,26,36H,4,8,10-13,16-17H2,1-3H3,(H,30,34);2-6,8H,1H3. The number of likely N-dealkylation sites (tertiary alicyclic amines) is 1. The average Bonchev–Trinajstić information content (AvgIpc) is 3.37. The number of rotatable bonds is 10. The molecule has 8 heteroatoms. The number of hydrogen-bond acceptors (Lipinski definition) is 6. The summed E-state index contributed by atoms with van der Waals surface area (Å²) in [5, 5.41) is 5.78. The van der Waals surface area contributed by atoms with E-state index in [1.165, 1.54) is 5.56 Å². The SMILES string of the molecule is CNC(=O)C(CCC(C)C)N1Cc2cc(C3CCN(Cc4ccc(S)c(C=O)c4)CC3)ccc2C1=O.CNc1ccccc1. The average molecular weight is 615 g/mol. The summed E-state index contributed by atoms with van der Waals surface area (Å²) >= 11 is 4.34. The highest BCUT2D eigenvalue weighted by Gasteiger charge is 2.36. The van der Waals surface area contributed by atoms with E-state index in [0.29, 0.717) is 35.3 Å². The van der Waals surface area contributed by atoms with Crippen molar-refractivity contribution in [1.82, 2.24) is 15.1 Å². The topological polar surface area (TPSA) is 81.8 Å². The largest absolute Gasteiger partial charge is 0.388 e. The summed E-state index contributed by atoms with van der Waals surface area (Å²) in [5.74, 6) is 0.806. The highest BCUT2D eigenvalue weighted by atomic mass is 32.1. The number of nitrogens with zero attached hydrogens (tertiary/aromatic N) is 2. The van der Waals surface area contributed by atoms with Gasteiger partial charge in [0.25, 0.3) is 5.91 Å². The molecule has 44 heavy (non-hydrogen) atoms. The van der Waals surface area contributed by atoms with Gasteiger partial charge in [-0.25, -0.2) is 0 Å². The zero-order chi connectivity index (χ0) is 31.6. The fraction of sp³-hybridized carbons (Fsp3) is 0.417. The Morgan fingerprint density at radius 1 is 1.00 bits per heavy atom. The van der Waals surface area contributed by atoms with Crippen LogP contribution in [0.5, 0.6) is 0 Å². The van der Waals surface area contributed by atoms with Gasteiger partial charge in [-0.2, -0.15) is 0 Å². The first kappa shape index (κ1) is 33.3. The highest BCUT2D eigenvalue weighted by Crippen LogP contribution is 2.34. The molecular formula is C36H46N4O3S.